The van der Waals surface area contributed by atoms with E-state index in [1.807, 2.05) is 12.3 Å². The molecule has 0 saturated heterocycles. The van der Waals surface area contributed by atoms with E-state index in [1.165, 1.54) is 11.3 Å². The molecule has 0 aromatic carbocycles. The summed E-state index contributed by atoms with van der Waals surface area (Å²) in [5.41, 5.74) is 0.973. The van der Waals surface area contributed by atoms with E-state index in [4.69, 9.17) is 0 Å². The summed E-state index contributed by atoms with van der Waals surface area (Å²) < 4.78 is 27.7. The van der Waals surface area contributed by atoms with Crippen LogP contribution in [0.1, 0.15) is 15.6 Å². The number of thiazole rings is 1. The van der Waals surface area contributed by atoms with Crippen LogP contribution in [0.5, 0.6) is 0 Å². The number of nitrogens with one attached hydrogen (secondary N) is 1. The highest BCUT2D eigenvalue weighted by atomic mass is 79.9. The van der Waals surface area contributed by atoms with E-state index in [-0.39, 0.29) is 0 Å². The van der Waals surface area contributed by atoms with Gasteiger partial charge in [0.1, 0.15) is 0 Å². The van der Waals surface area contributed by atoms with Crippen molar-refractivity contribution < 1.29 is 8.42 Å². The molecule has 8 heteroatoms. The molecule has 0 fully saturated rings. The first kappa shape index (κ1) is 15.1. The molecule has 19 heavy (non-hydrogen) atoms. The SMILES string of the molecule is Cc1csc(CCNS(=O)(=O)c2cc(Br)sc2C)n1. The van der Waals surface area contributed by atoms with Gasteiger partial charge in [-0.3, -0.25) is 0 Å². The van der Waals surface area contributed by atoms with Crippen LogP contribution in [0, 0.1) is 13.8 Å². The fraction of sp³-hybridized carbons (Fsp3) is 0.364. The van der Waals surface area contributed by atoms with Crippen LogP contribution in [-0.4, -0.2) is 19.9 Å². The number of nitrogens with zero attached hydrogens (tertiary/aromatic N) is 1. The van der Waals surface area contributed by atoms with Crippen molar-refractivity contribution >= 4 is 48.6 Å². The van der Waals surface area contributed by atoms with Gasteiger partial charge in [-0.05, 0) is 35.8 Å². The minimum Gasteiger partial charge on any atom is -0.247 e. The lowest BCUT2D eigenvalue weighted by molar-refractivity contribution is 0.581. The molecule has 0 unspecified atom stereocenters. The zero-order valence-corrected chi connectivity index (χ0v) is 14.5. The van der Waals surface area contributed by atoms with Gasteiger partial charge in [-0.1, -0.05) is 0 Å². The lowest BCUT2D eigenvalue weighted by atomic mass is 10.4. The van der Waals surface area contributed by atoms with E-state index in [0.29, 0.717) is 17.9 Å². The van der Waals surface area contributed by atoms with Gasteiger partial charge >= 0.3 is 0 Å². The Morgan fingerprint density at radius 1 is 1.42 bits per heavy atom. The van der Waals surface area contributed by atoms with Gasteiger partial charge in [0.15, 0.2) is 0 Å². The van der Waals surface area contributed by atoms with Crippen LogP contribution in [0.3, 0.4) is 0 Å². The maximum absolute atomic E-state index is 12.1. The van der Waals surface area contributed by atoms with Crippen molar-refractivity contribution in [1.82, 2.24) is 9.71 Å². The molecule has 2 aromatic rings. The highest BCUT2D eigenvalue weighted by Crippen LogP contribution is 2.29. The normalized spacial score (nSPS) is 11.9. The average molecular weight is 381 g/mol. The monoisotopic (exact) mass is 380 g/mol. The molecule has 0 aliphatic heterocycles. The first-order valence-electron chi connectivity index (χ1n) is 5.55. The number of thiophene rings is 1. The van der Waals surface area contributed by atoms with Crippen molar-refractivity contribution in [2.24, 2.45) is 0 Å². The van der Waals surface area contributed by atoms with Crippen molar-refractivity contribution in [1.29, 1.82) is 0 Å². The first-order chi connectivity index (χ1) is 8.88. The molecule has 0 saturated carbocycles. The van der Waals surface area contributed by atoms with Gasteiger partial charge in [0.2, 0.25) is 10.0 Å². The maximum atomic E-state index is 12.1. The zero-order valence-electron chi connectivity index (χ0n) is 10.4. The predicted octanol–water partition coefficient (Wildman–Crippen LogP) is 3.10. The van der Waals surface area contributed by atoms with E-state index >= 15 is 0 Å². The largest absolute Gasteiger partial charge is 0.247 e. The van der Waals surface area contributed by atoms with Gasteiger partial charge in [0.05, 0.1) is 13.7 Å². The van der Waals surface area contributed by atoms with Gasteiger partial charge in [0, 0.05) is 28.9 Å². The van der Waals surface area contributed by atoms with Gasteiger partial charge in [-0.2, -0.15) is 0 Å². The lowest BCUT2D eigenvalue weighted by Gasteiger charge is -2.04. The van der Waals surface area contributed by atoms with Crippen LogP contribution in [0.4, 0.5) is 0 Å². The number of hydrogen-bond donors (Lipinski definition) is 1. The average Bonchev–Trinajstić information content (AvgIpc) is 2.85. The summed E-state index contributed by atoms with van der Waals surface area (Å²) in [4.78, 5) is 5.43. The molecule has 2 aromatic heterocycles. The first-order valence-corrected chi connectivity index (χ1v) is 9.52. The van der Waals surface area contributed by atoms with Gasteiger partial charge < -0.3 is 0 Å². The van der Waals surface area contributed by atoms with Crippen molar-refractivity contribution in [2.45, 2.75) is 25.2 Å². The zero-order chi connectivity index (χ0) is 14.0. The predicted molar refractivity (Wildman–Crippen MR) is 82.5 cm³/mol. The van der Waals surface area contributed by atoms with E-state index in [0.717, 1.165) is 19.4 Å². The molecule has 0 spiro atoms. The van der Waals surface area contributed by atoms with Crippen LogP contribution >= 0.6 is 38.6 Å². The fourth-order valence-electron chi connectivity index (χ4n) is 1.59. The molecule has 0 atom stereocenters. The Morgan fingerprint density at radius 3 is 2.68 bits per heavy atom. The lowest BCUT2D eigenvalue weighted by Crippen LogP contribution is -2.26. The van der Waals surface area contributed by atoms with Gasteiger partial charge in [-0.25, -0.2) is 18.1 Å². The minimum absolute atomic E-state index is 0.347. The fourth-order valence-corrected chi connectivity index (χ4v) is 5.81. The van der Waals surface area contributed by atoms with Crippen LogP contribution in [0.2, 0.25) is 0 Å². The molecule has 2 rings (SSSR count). The number of sulfonamides is 1. The maximum Gasteiger partial charge on any atom is 0.241 e. The molecular formula is C11H13BrN2O2S3. The van der Waals surface area contributed by atoms with Crippen molar-refractivity contribution in [2.75, 3.05) is 6.54 Å². The van der Waals surface area contributed by atoms with Crippen LogP contribution in [0.25, 0.3) is 0 Å². The Labute approximate surface area is 129 Å². The molecule has 0 bridgehead atoms. The van der Waals surface area contributed by atoms with Crippen molar-refractivity contribution in [3.05, 3.63) is 30.8 Å². The molecule has 4 nitrogen and oxygen atoms in total. The van der Waals surface area contributed by atoms with Crippen LogP contribution in [0.15, 0.2) is 20.1 Å². The molecule has 1 N–H and O–H groups in total. The van der Waals surface area contributed by atoms with Gasteiger partial charge in [0.25, 0.3) is 0 Å². The Morgan fingerprint density at radius 2 is 2.16 bits per heavy atom. The van der Waals surface area contributed by atoms with Crippen molar-refractivity contribution in [3.8, 4) is 0 Å². The highest BCUT2D eigenvalue weighted by molar-refractivity contribution is 9.11. The van der Waals surface area contributed by atoms with E-state index in [9.17, 15) is 8.42 Å². The van der Waals surface area contributed by atoms with E-state index in [1.54, 1.807) is 24.3 Å². The number of aryl methyl sites for hydroxylation is 2. The third kappa shape index (κ3) is 3.85. The molecule has 0 aliphatic carbocycles. The number of rotatable bonds is 5. The smallest absolute Gasteiger partial charge is 0.241 e. The van der Waals surface area contributed by atoms with Crippen LogP contribution in [-0.2, 0) is 16.4 Å². The van der Waals surface area contributed by atoms with E-state index < -0.39 is 10.0 Å². The minimum atomic E-state index is -3.43. The standard InChI is InChI=1S/C11H13BrN2O2S3/c1-7-6-17-11(14-7)3-4-13-19(15,16)9-5-10(12)18-8(9)2/h5-6,13H,3-4H2,1-2H3. The molecule has 0 aliphatic rings. The molecule has 0 radical (unpaired) electrons. The number of halogens is 1. The second-order valence-electron chi connectivity index (χ2n) is 4.00. The molecule has 0 amide bonds. The second kappa shape index (κ2) is 6.01. The highest BCUT2D eigenvalue weighted by Gasteiger charge is 2.19. The summed E-state index contributed by atoms with van der Waals surface area (Å²) in [6.07, 6.45) is 0.613. The number of hydrogen-bond acceptors (Lipinski definition) is 5. The summed E-state index contributed by atoms with van der Waals surface area (Å²) in [5.74, 6) is 0. The Kier molecular flexibility index (Phi) is 4.78. The summed E-state index contributed by atoms with van der Waals surface area (Å²) >= 11 is 6.27. The third-order valence-electron chi connectivity index (χ3n) is 2.43. The molecule has 104 valence electrons. The Bertz CT molecular complexity index is 676. The van der Waals surface area contributed by atoms with Gasteiger partial charge in [-0.15, -0.1) is 22.7 Å². The topological polar surface area (TPSA) is 59.1 Å². The third-order valence-corrected chi connectivity index (χ3v) is 6.73. The Hall–Kier alpha value is -0.280. The Balaban J connectivity index is 2.00. The second-order valence-corrected chi connectivity index (χ2v) is 9.31. The summed E-state index contributed by atoms with van der Waals surface area (Å²) in [6, 6.07) is 1.63. The van der Waals surface area contributed by atoms with E-state index in [2.05, 4.69) is 25.6 Å². The molecule has 2 heterocycles. The summed E-state index contributed by atoms with van der Waals surface area (Å²) in [7, 11) is -3.43. The summed E-state index contributed by atoms with van der Waals surface area (Å²) in [5, 5.41) is 2.91. The van der Waals surface area contributed by atoms with Crippen molar-refractivity contribution in [3.63, 3.8) is 0 Å². The quantitative estimate of drug-likeness (QED) is 0.866. The molecular weight excluding hydrogens is 368 g/mol. The number of aromatic nitrogens is 1. The summed E-state index contributed by atoms with van der Waals surface area (Å²) in [6.45, 7) is 4.09. The van der Waals surface area contributed by atoms with Crippen LogP contribution < -0.4 is 4.72 Å².